The van der Waals surface area contributed by atoms with E-state index in [0.29, 0.717) is 24.6 Å². The van der Waals surface area contributed by atoms with Gasteiger partial charge in [0.05, 0.1) is 12.2 Å². The molecule has 0 aliphatic heterocycles. The van der Waals surface area contributed by atoms with E-state index in [4.69, 9.17) is 5.11 Å². The van der Waals surface area contributed by atoms with Crippen LogP contribution in [0.5, 0.6) is 0 Å². The number of halogens is 4. The highest BCUT2D eigenvalue weighted by molar-refractivity contribution is 5.79. The summed E-state index contributed by atoms with van der Waals surface area (Å²) < 4.78 is 51.3. The van der Waals surface area contributed by atoms with Crippen LogP contribution in [-0.4, -0.2) is 30.1 Å². The van der Waals surface area contributed by atoms with Crippen molar-refractivity contribution in [3.8, 4) is 0 Å². The molecule has 2 aromatic carbocycles. The first-order valence-electron chi connectivity index (χ1n) is 8.20. The lowest BCUT2D eigenvalue weighted by molar-refractivity contribution is -0.137. The third-order valence-corrected chi connectivity index (χ3v) is 4.01. The van der Waals surface area contributed by atoms with Gasteiger partial charge >= 0.3 is 6.18 Å². The van der Waals surface area contributed by atoms with Crippen molar-refractivity contribution < 1.29 is 22.7 Å². The molecule has 0 aliphatic carbocycles. The highest BCUT2D eigenvalue weighted by Crippen LogP contribution is 2.29. The molecule has 0 aliphatic rings. The van der Waals surface area contributed by atoms with Crippen LogP contribution in [0, 0.1) is 5.82 Å². The molecule has 0 amide bonds. The third kappa shape index (κ3) is 5.68. The van der Waals surface area contributed by atoms with Crippen LogP contribution in [0.25, 0.3) is 0 Å². The summed E-state index contributed by atoms with van der Waals surface area (Å²) in [7, 11) is 3.35. The second kappa shape index (κ2) is 8.85. The SMILES string of the molecule is CN=C(NCc1ccc(F)c(CO)c1)N(C)Cc1ccc(C(F)(F)F)cc1. The van der Waals surface area contributed by atoms with Crippen molar-refractivity contribution in [1.82, 2.24) is 10.2 Å². The molecule has 0 spiro atoms. The molecule has 0 atom stereocenters. The second-order valence-electron chi connectivity index (χ2n) is 6.04. The van der Waals surface area contributed by atoms with Crippen LogP contribution >= 0.6 is 0 Å². The van der Waals surface area contributed by atoms with Gasteiger partial charge in [0, 0.05) is 32.7 Å². The first-order chi connectivity index (χ1) is 12.7. The number of aliphatic hydroxyl groups is 1. The lowest BCUT2D eigenvalue weighted by Crippen LogP contribution is -2.38. The van der Waals surface area contributed by atoms with Crippen LogP contribution in [-0.2, 0) is 25.9 Å². The van der Waals surface area contributed by atoms with E-state index < -0.39 is 17.6 Å². The first kappa shape index (κ1) is 20.7. The fourth-order valence-corrected chi connectivity index (χ4v) is 2.57. The van der Waals surface area contributed by atoms with E-state index in [2.05, 4.69) is 10.3 Å². The van der Waals surface area contributed by atoms with Crippen molar-refractivity contribution >= 4 is 5.96 Å². The molecule has 2 aromatic rings. The molecule has 0 radical (unpaired) electrons. The number of hydrogen-bond donors (Lipinski definition) is 2. The van der Waals surface area contributed by atoms with Gasteiger partial charge in [0.2, 0.25) is 0 Å². The predicted octanol–water partition coefficient (Wildman–Crippen LogP) is 3.54. The van der Waals surface area contributed by atoms with E-state index in [1.165, 1.54) is 18.2 Å². The van der Waals surface area contributed by atoms with Crippen LogP contribution in [0.3, 0.4) is 0 Å². The maximum absolute atomic E-state index is 13.4. The molecule has 2 N–H and O–H groups in total. The Morgan fingerprint density at radius 1 is 1.11 bits per heavy atom. The molecule has 0 fully saturated rings. The highest BCUT2D eigenvalue weighted by atomic mass is 19.4. The Hall–Kier alpha value is -2.61. The summed E-state index contributed by atoms with van der Waals surface area (Å²) >= 11 is 0. The van der Waals surface area contributed by atoms with Gasteiger partial charge in [0.25, 0.3) is 0 Å². The summed E-state index contributed by atoms with van der Waals surface area (Å²) in [5.41, 5.74) is 0.997. The van der Waals surface area contributed by atoms with Gasteiger partial charge < -0.3 is 15.3 Å². The Bertz CT molecular complexity index is 789. The van der Waals surface area contributed by atoms with Gasteiger partial charge in [-0.25, -0.2) is 4.39 Å². The Kier molecular flexibility index (Phi) is 6.79. The van der Waals surface area contributed by atoms with Crippen molar-refractivity contribution in [2.24, 2.45) is 4.99 Å². The van der Waals surface area contributed by atoms with Gasteiger partial charge in [-0.2, -0.15) is 13.2 Å². The fraction of sp³-hybridized carbons (Fsp3) is 0.316. The molecule has 0 saturated carbocycles. The van der Waals surface area contributed by atoms with Crippen molar-refractivity contribution in [2.45, 2.75) is 25.9 Å². The van der Waals surface area contributed by atoms with Gasteiger partial charge in [0.15, 0.2) is 5.96 Å². The summed E-state index contributed by atoms with van der Waals surface area (Å²) in [4.78, 5) is 5.91. The van der Waals surface area contributed by atoms with Crippen molar-refractivity contribution in [2.75, 3.05) is 14.1 Å². The number of alkyl halides is 3. The van der Waals surface area contributed by atoms with Gasteiger partial charge in [-0.15, -0.1) is 0 Å². The Morgan fingerprint density at radius 3 is 2.30 bits per heavy atom. The molecule has 0 bridgehead atoms. The average molecular weight is 383 g/mol. The van der Waals surface area contributed by atoms with Crippen molar-refractivity contribution in [3.05, 3.63) is 70.5 Å². The summed E-state index contributed by atoms with van der Waals surface area (Å²) in [6.07, 6.45) is -4.36. The number of nitrogens with one attached hydrogen (secondary N) is 1. The van der Waals surface area contributed by atoms with E-state index in [1.54, 1.807) is 31.1 Å². The Labute approximate surface area is 155 Å². The molecular formula is C19H21F4N3O. The van der Waals surface area contributed by atoms with Crippen molar-refractivity contribution in [1.29, 1.82) is 0 Å². The monoisotopic (exact) mass is 383 g/mol. The van der Waals surface area contributed by atoms with Gasteiger partial charge in [0.1, 0.15) is 5.82 Å². The van der Waals surface area contributed by atoms with Crippen molar-refractivity contribution in [3.63, 3.8) is 0 Å². The van der Waals surface area contributed by atoms with Crippen LogP contribution in [0.15, 0.2) is 47.5 Å². The van der Waals surface area contributed by atoms with Gasteiger partial charge in [-0.05, 0) is 35.4 Å². The van der Waals surface area contributed by atoms with E-state index in [1.807, 2.05) is 0 Å². The molecule has 146 valence electrons. The molecular weight excluding hydrogens is 362 g/mol. The topological polar surface area (TPSA) is 47.9 Å². The number of rotatable bonds is 5. The number of aliphatic imine (C=N–C) groups is 1. The maximum atomic E-state index is 13.4. The molecule has 2 rings (SSSR count). The standard InChI is InChI=1S/C19H21F4N3O/c1-24-18(25-10-14-5-8-17(20)15(9-14)12-27)26(2)11-13-3-6-16(7-4-13)19(21,22)23/h3-9,27H,10-12H2,1-2H3,(H,24,25). The molecule has 8 heteroatoms. The molecule has 0 aromatic heterocycles. The molecule has 0 heterocycles. The maximum Gasteiger partial charge on any atom is 0.416 e. The van der Waals surface area contributed by atoms with E-state index >= 15 is 0 Å². The minimum absolute atomic E-state index is 0.211. The fourth-order valence-electron chi connectivity index (χ4n) is 2.57. The summed E-state index contributed by atoms with van der Waals surface area (Å²) in [5.74, 6) is 0.0647. The number of aliphatic hydroxyl groups excluding tert-OH is 1. The van der Waals surface area contributed by atoms with E-state index in [-0.39, 0.29) is 12.2 Å². The molecule has 27 heavy (non-hydrogen) atoms. The summed E-state index contributed by atoms with van der Waals surface area (Å²) in [6, 6.07) is 9.41. The van der Waals surface area contributed by atoms with E-state index in [0.717, 1.165) is 17.7 Å². The Morgan fingerprint density at radius 2 is 1.74 bits per heavy atom. The quantitative estimate of drug-likeness (QED) is 0.472. The summed E-state index contributed by atoms with van der Waals surface area (Å²) in [5, 5.41) is 12.2. The zero-order chi connectivity index (χ0) is 20.0. The lowest BCUT2D eigenvalue weighted by atomic mass is 10.1. The summed E-state index contributed by atoms with van der Waals surface area (Å²) in [6.45, 7) is 0.336. The lowest BCUT2D eigenvalue weighted by Gasteiger charge is -2.22. The second-order valence-corrected chi connectivity index (χ2v) is 6.04. The third-order valence-electron chi connectivity index (χ3n) is 4.01. The number of benzene rings is 2. The largest absolute Gasteiger partial charge is 0.416 e. The average Bonchev–Trinajstić information content (AvgIpc) is 2.63. The Balaban J connectivity index is 1.98. The minimum Gasteiger partial charge on any atom is -0.392 e. The number of hydrogen-bond acceptors (Lipinski definition) is 2. The predicted molar refractivity (Wildman–Crippen MR) is 95.4 cm³/mol. The van der Waals surface area contributed by atoms with Crippen LogP contribution in [0.2, 0.25) is 0 Å². The normalized spacial score (nSPS) is 12.2. The highest BCUT2D eigenvalue weighted by Gasteiger charge is 2.29. The van der Waals surface area contributed by atoms with E-state index in [9.17, 15) is 17.6 Å². The molecule has 0 unspecified atom stereocenters. The molecule has 4 nitrogen and oxygen atoms in total. The van der Waals surface area contributed by atoms with Gasteiger partial charge in [-0.1, -0.05) is 18.2 Å². The molecule has 0 saturated heterocycles. The minimum atomic E-state index is -4.36. The van der Waals surface area contributed by atoms with Crippen LogP contribution < -0.4 is 5.32 Å². The first-order valence-corrected chi connectivity index (χ1v) is 8.20. The number of nitrogens with zero attached hydrogens (tertiary/aromatic N) is 2. The smallest absolute Gasteiger partial charge is 0.392 e. The van der Waals surface area contributed by atoms with Crippen LogP contribution in [0.4, 0.5) is 17.6 Å². The van der Waals surface area contributed by atoms with Gasteiger partial charge in [-0.3, -0.25) is 4.99 Å². The van der Waals surface area contributed by atoms with Crippen LogP contribution in [0.1, 0.15) is 22.3 Å². The zero-order valence-electron chi connectivity index (χ0n) is 15.0. The number of guanidine groups is 1. The zero-order valence-corrected chi connectivity index (χ0v) is 15.0.